The molecule has 0 aliphatic carbocycles. The number of carbonyl (C=O) groups excluding carboxylic acids is 1. The van der Waals surface area contributed by atoms with Gasteiger partial charge in [0.15, 0.2) is 5.13 Å². The van der Waals surface area contributed by atoms with Crippen molar-refractivity contribution in [2.24, 2.45) is 0 Å². The number of aryl methyl sites for hydroxylation is 1. The second-order valence-corrected chi connectivity index (χ2v) is 8.11. The Balaban J connectivity index is 1.64. The van der Waals surface area contributed by atoms with E-state index < -0.39 is 0 Å². The van der Waals surface area contributed by atoms with Crippen molar-refractivity contribution >= 4 is 32.6 Å². The van der Waals surface area contributed by atoms with Crippen molar-refractivity contribution in [1.82, 2.24) is 4.98 Å². The highest BCUT2D eigenvalue weighted by atomic mass is 32.1. The van der Waals surface area contributed by atoms with Crippen LogP contribution in [-0.4, -0.2) is 24.6 Å². The highest BCUT2D eigenvalue weighted by Gasteiger charge is 2.22. The van der Waals surface area contributed by atoms with E-state index in [4.69, 9.17) is 18.9 Å². The lowest BCUT2D eigenvalue weighted by atomic mass is 10.1. The fraction of sp³-hybridized carbons (Fsp3) is 0.250. The Bertz CT molecular complexity index is 1180. The van der Waals surface area contributed by atoms with Gasteiger partial charge in [-0.1, -0.05) is 23.5 Å². The molecular formula is C24H24N2O4S. The summed E-state index contributed by atoms with van der Waals surface area (Å²) in [4.78, 5) is 19.7. The van der Waals surface area contributed by atoms with Crippen LogP contribution in [0.15, 0.2) is 59.2 Å². The zero-order valence-corrected chi connectivity index (χ0v) is 18.6. The van der Waals surface area contributed by atoms with Crippen molar-refractivity contribution in [3.05, 3.63) is 71.7 Å². The van der Waals surface area contributed by atoms with Gasteiger partial charge in [0.2, 0.25) is 5.91 Å². The minimum Gasteiger partial charge on any atom is -0.496 e. The van der Waals surface area contributed by atoms with E-state index in [1.165, 1.54) is 11.3 Å². The average molecular weight is 437 g/mol. The fourth-order valence-corrected chi connectivity index (χ4v) is 4.42. The Labute approximate surface area is 185 Å². The summed E-state index contributed by atoms with van der Waals surface area (Å²) in [6.07, 6.45) is 1.86. The molecule has 4 aromatic rings. The summed E-state index contributed by atoms with van der Waals surface area (Å²) in [7, 11) is 1.64. The molecule has 0 saturated carbocycles. The van der Waals surface area contributed by atoms with Crippen LogP contribution in [0.3, 0.4) is 0 Å². The van der Waals surface area contributed by atoms with Gasteiger partial charge in [0.1, 0.15) is 17.3 Å². The van der Waals surface area contributed by atoms with Crippen LogP contribution in [0.4, 0.5) is 5.13 Å². The summed E-state index contributed by atoms with van der Waals surface area (Å²) in [5.74, 6) is 2.25. The molecule has 0 atom stereocenters. The lowest BCUT2D eigenvalue weighted by Gasteiger charge is -2.19. The number of hydrogen-bond acceptors (Lipinski definition) is 6. The van der Waals surface area contributed by atoms with Gasteiger partial charge < -0.3 is 13.9 Å². The molecule has 2 heterocycles. The molecule has 0 bridgehead atoms. The van der Waals surface area contributed by atoms with Gasteiger partial charge in [-0.15, -0.1) is 0 Å². The smallest absolute Gasteiger partial charge is 0.233 e. The molecule has 0 aliphatic rings. The average Bonchev–Trinajstić information content (AvgIpc) is 3.41. The first-order valence-electron chi connectivity index (χ1n) is 10.1. The van der Waals surface area contributed by atoms with Gasteiger partial charge in [-0.05, 0) is 61.4 Å². The molecule has 1 amide bonds. The molecule has 6 nitrogen and oxygen atoms in total. The molecule has 2 aromatic heterocycles. The standard InChI is InChI=1S/C24H24N2O4S/c1-4-29-18-8-9-20-22(14-18)31-24(25-20)26(15-19-6-5-11-30-19)23(27)13-17-7-10-21(28-3)16(2)12-17/h5-12,14H,4,13,15H2,1-3H3. The van der Waals surface area contributed by atoms with E-state index in [9.17, 15) is 4.79 Å². The van der Waals surface area contributed by atoms with Crippen LogP contribution in [0.5, 0.6) is 11.5 Å². The molecular weight excluding hydrogens is 412 g/mol. The number of furan rings is 1. The molecule has 0 radical (unpaired) electrons. The number of carbonyl (C=O) groups is 1. The van der Waals surface area contributed by atoms with E-state index in [2.05, 4.69) is 0 Å². The van der Waals surface area contributed by atoms with E-state index in [1.807, 2.05) is 62.4 Å². The van der Waals surface area contributed by atoms with Crippen molar-refractivity contribution in [3.8, 4) is 11.5 Å². The quantitative estimate of drug-likeness (QED) is 0.371. The van der Waals surface area contributed by atoms with E-state index in [-0.39, 0.29) is 12.3 Å². The number of fused-ring (bicyclic) bond motifs is 1. The largest absolute Gasteiger partial charge is 0.496 e. The second-order valence-electron chi connectivity index (χ2n) is 7.10. The number of thiazole rings is 1. The zero-order chi connectivity index (χ0) is 21.8. The number of amides is 1. The van der Waals surface area contributed by atoms with Crippen LogP contribution in [0.2, 0.25) is 0 Å². The number of nitrogens with zero attached hydrogens (tertiary/aromatic N) is 2. The summed E-state index contributed by atoms with van der Waals surface area (Å²) in [5, 5.41) is 0.635. The Morgan fingerprint density at radius 3 is 2.77 bits per heavy atom. The number of aromatic nitrogens is 1. The SMILES string of the molecule is CCOc1ccc2nc(N(Cc3ccco3)C(=O)Cc3ccc(OC)c(C)c3)sc2c1. The fourth-order valence-electron chi connectivity index (χ4n) is 3.41. The molecule has 7 heteroatoms. The van der Waals surface area contributed by atoms with E-state index in [0.29, 0.717) is 24.0 Å². The van der Waals surface area contributed by atoms with Crippen LogP contribution in [-0.2, 0) is 17.8 Å². The third-order valence-electron chi connectivity index (χ3n) is 4.90. The Morgan fingerprint density at radius 1 is 1.19 bits per heavy atom. The molecule has 0 saturated heterocycles. The first kappa shape index (κ1) is 20.9. The summed E-state index contributed by atoms with van der Waals surface area (Å²) < 4.78 is 17.4. The normalized spacial score (nSPS) is 10.9. The maximum Gasteiger partial charge on any atom is 0.233 e. The highest BCUT2D eigenvalue weighted by Crippen LogP contribution is 2.33. The molecule has 31 heavy (non-hydrogen) atoms. The molecule has 0 aliphatic heterocycles. The van der Waals surface area contributed by atoms with E-state index in [1.54, 1.807) is 18.3 Å². The first-order valence-corrected chi connectivity index (χ1v) is 10.9. The van der Waals surface area contributed by atoms with Gasteiger partial charge in [0.05, 0.1) is 43.2 Å². The van der Waals surface area contributed by atoms with Crippen molar-refractivity contribution < 1.29 is 18.7 Å². The summed E-state index contributed by atoms with van der Waals surface area (Å²) in [5.41, 5.74) is 2.75. The molecule has 0 N–H and O–H groups in total. The van der Waals surface area contributed by atoms with Crippen molar-refractivity contribution in [1.29, 1.82) is 0 Å². The van der Waals surface area contributed by atoms with E-state index >= 15 is 0 Å². The topological polar surface area (TPSA) is 64.8 Å². The van der Waals surface area contributed by atoms with Crippen LogP contribution < -0.4 is 14.4 Å². The Hall–Kier alpha value is -3.32. The molecule has 0 spiro atoms. The predicted molar refractivity (Wildman–Crippen MR) is 122 cm³/mol. The minimum absolute atomic E-state index is 0.0509. The van der Waals surface area contributed by atoms with Gasteiger partial charge in [0.25, 0.3) is 0 Å². The highest BCUT2D eigenvalue weighted by molar-refractivity contribution is 7.22. The summed E-state index contributed by atoms with van der Waals surface area (Å²) in [6.45, 7) is 4.84. The number of anilines is 1. The third kappa shape index (κ3) is 4.72. The lowest BCUT2D eigenvalue weighted by molar-refractivity contribution is -0.118. The number of methoxy groups -OCH3 is 1. The summed E-state index contributed by atoms with van der Waals surface area (Å²) >= 11 is 1.47. The van der Waals surface area contributed by atoms with Gasteiger partial charge in [0, 0.05) is 0 Å². The van der Waals surface area contributed by atoms with Gasteiger partial charge in [-0.2, -0.15) is 0 Å². The molecule has 2 aromatic carbocycles. The first-order chi connectivity index (χ1) is 15.1. The third-order valence-corrected chi connectivity index (χ3v) is 5.94. The van der Waals surface area contributed by atoms with Crippen LogP contribution in [0.1, 0.15) is 23.8 Å². The predicted octanol–water partition coefficient (Wildman–Crippen LogP) is 5.38. The van der Waals surface area contributed by atoms with Gasteiger partial charge in [-0.3, -0.25) is 9.69 Å². The molecule has 0 fully saturated rings. The number of benzene rings is 2. The second kappa shape index (κ2) is 9.22. The van der Waals surface area contributed by atoms with Gasteiger partial charge >= 0.3 is 0 Å². The van der Waals surface area contributed by atoms with Gasteiger partial charge in [-0.25, -0.2) is 4.98 Å². The van der Waals surface area contributed by atoms with Crippen molar-refractivity contribution in [3.63, 3.8) is 0 Å². The number of hydrogen-bond donors (Lipinski definition) is 0. The zero-order valence-electron chi connectivity index (χ0n) is 17.8. The maximum absolute atomic E-state index is 13.3. The Kier molecular flexibility index (Phi) is 6.23. The monoisotopic (exact) mass is 436 g/mol. The number of rotatable bonds is 8. The molecule has 160 valence electrons. The molecule has 4 rings (SSSR count). The lowest BCUT2D eigenvalue weighted by Crippen LogP contribution is -2.31. The minimum atomic E-state index is -0.0509. The Morgan fingerprint density at radius 2 is 2.06 bits per heavy atom. The van der Waals surface area contributed by atoms with E-state index in [0.717, 1.165) is 32.8 Å². The number of ether oxygens (including phenoxy) is 2. The van der Waals surface area contributed by atoms with Crippen molar-refractivity contribution in [2.75, 3.05) is 18.6 Å². The van der Waals surface area contributed by atoms with Crippen LogP contribution >= 0.6 is 11.3 Å². The maximum atomic E-state index is 13.3. The summed E-state index contributed by atoms with van der Waals surface area (Å²) in [6, 6.07) is 15.2. The van der Waals surface area contributed by atoms with Crippen LogP contribution in [0.25, 0.3) is 10.2 Å². The molecule has 0 unspecified atom stereocenters. The van der Waals surface area contributed by atoms with Crippen LogP contribution in [0, 0.1) is 6.92 Å². The van der Waals surface area contributed by atoms with Crippen molar-refractivity contribution in [2.45, 2.75) is 26.8 Å².